The molecule has 1 aromatic heterocycles. The van der Waals surface area contributed by atoms with Crippen LogP contribution in [0.3, 0.4) is 0 Å². The lowest BCUT2D eigenvalue weighted by molar-refractivity contribution is 0.468. The Bertz CT molecular complexity index is 1050. The summed E-state index contributed by atoms with van der Waals surface area (Å²) in [5.74, 6) is 1.57. The number of rotatable bonds is 6. The van der Waals surface area contributed by atoms with Gasteiger partial charge < -0.3 is 15.3 Å². The van der Waals surface area contributed by atoms with Gasteiger partial charge in [0.25, 0.3) is 0 Å². The molecule has 160 valence electrons. The molecule has 0 saturated carbocycles. The lowest BCUT2D eigenvalue weighted by Gasteiger charge is -2.26. The number of phenols is 1. The number of piperidine rings is 1. The number of phenolic OH excluding ortho intramolecular Hbond substituents is 1. The number of anilines is 4. The van der Waals surface area contributed by atoms with Crippen molar-refractivity contribution in [3.63, 3.8) is 0 Å². The highest BCUT2D eigenvalue weighted by molar-refractivity contribution is 9.11. The summed E-state index contributed by atoms with van der Waals surface area (Å²) in [5.41, 5.74) is 4.58. The summed E-state index contributed by atoms with van der Waals surface area (Å²) in [7, 11) is 0. The van der Waals surface area contributed by atoms with Crippen LogP contribution in [0.5, 0.6) is 5.75 Å². The third kappa shape index (κ3) is 5.71. The van der Waals surface area contributed by atoms with E-state index in [4.69, 9.17) is 0 Å². The number of hydrazone groups is 1. The van der Waals surface area contributed by atoms with Crippen molar-refractivity contribution in [3.05, 3.63) is 57.0 Å². The highest BCUT2D eigenvalue weighted by Crippen LogP contribution is 2.32. The second-order valence-electron chi connectivity index (χ2n) is 7.02. The molecule has 1 saturated heterocycles. The third-order valence-electron chi connectivity index (χ3n) is 4.71. The molecule has 0 unspecified atom stereocenters. The van der Waals surface area contributed by atoms with Gasteiger partial charge in [-0.25, -0.2) is 5.43 Å². The predicted octanol–water partition coefficient (Wildman–Crippen LogP) is 5.28. The maximum absolute atomic E-state index is 9.85. The Hall–Kier alpha value is -2.72. The fraction of sp³-hybridized carbons (Fsp3) is 0.238. The molecule has 0 spiro atoms. The van der Waals surface area contributed by atoms with Crippen LogP contribution >= 0.6 is 31.9 Å². The summed E-state index contributed by atoms with van der Waals surface area (Å²) in [6, 6.07) is 13.3. The van der Waals surface area contributed by atoms with Crippen molar-refractivity contribution < 1.29 is 5.11 Å². The largest absolute Gasteiger partial charge is 0.506 e. The monoisotopic (exact) mass is 545 g/mol. The lowest BCUT2D eigenvalue weighted by Crippen LogP contribution is -2.31. The highest BCUT2D eigenvalue weighted by atomic mass is 79.9. The molecule has 8 nitrogen and oxygen atoms in total. The van der Waals surface area contributed by atoms with Gasteiger partial charge in [-0.1, -0.05) is 18.2 Å². The Balaban J connectivity index is 1.57. The molecule has 31 heavy (non-hydrogen) atoms. The Morgan fingerprint density at radius 1 is 0.935 bits per heavy atom. The summed E-state index contributed by atoms with van der Waals surface area (Å²) in [6.45, 7) is 1.85. The van der Waals surface area contributed by atoms with Crippen LogP contribution in [0.15, 0.2) is 56.5 Å². The van der Waals surface area contributed by atoms with Gasteiger partial charge in [0, 0.05) is 18.8 Å². The van der Waals surface area contributed by atoms with Crippen LogP contribution in [0.2, 0.25) is 0 Å². The van der Waals surface area contributed by atoms with E-state index in [1.807, 2.05) is 30.3 Å². The topological polar surface area (TPSA) is 98.6 Å². The van der Waals surface area contributed by atoms with E-state index >= 15 is 0 Å². The third-order valence-corrected chi connectivity index (χ3v) is 5.92. The molecular formula is C21H21Br2N7O. The number of aromatic hydroxyl groups is 1. The van der Waals surface area contributed by atoms with Gasteiger partial charge in [-0.3, -0.25) is 0 Å². The molecule has 1 aliphatic rings. The van der Waals surface area contributed by atoms with Gasteiger partial charge in [0.2, 0.25) is 17.8 Å². The predicted molar refractivity (Wildman–Crippen MR) is 130 cm³/mol. The first kappa shape index (κ1) is 21.5. The summed E-state index contributed by atoms with van der Waals surface area (Å²) in [4.78, 5) is 15.8. The normalized spacial score (nSPS) is 14.1. The minimum absolute atomic E-state index is 0.144. The molecule has 3 N–H and O–H groups in total. The molecule has 10 heteroatoms. The van der Waals surface area contributed by atoms with E-state index < -0.39 is 0 Å². The van der Waals surface area contributed by atoms with Gasteiger partial charge in [0.1, 0.15) is 5.75 Å². The fourth-order valence-electron chi connectivity index (χ4n) is 3.18. The van der Waals surface area contributed by atoms with E-state index in [0.29, 0.717) is 26.8 Å². The SMILES string of the molecule is Oc1c(Br)cc(/C=N\Nc2nc(Nc3ccccc3)nc(N3CCCCC3)n2)cc1Br. The van der Waals surface area contributed by atoms with Crippen molar-refractivity contribution in [2.75, 3.05) is 28.7 Å². The van der Waals surface area contributed by atoms with E-state index in [0.717, 1.165) is 37.2 Å². The maximum atomic E-state index is 9.85. The van der Waals surface area contributed by atoms with Crippen LogP contribution in [0.4, 0.5) is 23.5 Å². The summed E-state index contributed by atoms with van der Waals surface area (Å²) in [6.07, 6.45) is 5.10. The molecule has 2 heterocycles. The number of nitrogens with one attached hydrogen (secondary N) is 2. The molecule has 2 aromatic carbocycles. The van der Waals surface area contributed by atoms with Gasteiger partial charge >= 0.3 is 0 Å². The Morgan fingerprint density at radius 3 is 2.32 bits per heavy atom. The molecule has 0 aliphatic carbocycles. The Morgan fingerprint density at radius 2 is 1.61 bits per heavy atom. The minimum Gasteiger partial charge on any atom is -0.506 e. The highest BCUT2D eigenvalue weighted by Gasteiger charge is 2.16. The molecule has 0 bridgehead atoms. The lowest BCUT2D eigenvalue weighted by atomic mass is 10.1. The van der Waals surface area contributed by atoms with Crippen LogP contribution in [0.1, 0.15) is 24.8 Å². The second kappa shape index (κ2) is 10.1. The standard InChI is InChI=1S/C21H21Br2N7O/c22-16-11-14(12-17(23)18(16)31)13-24-29-20-26-19(25-15-7-3-1-4-8-15)27-21(28-20)30-9-5-2-6-10-30/h1,3-4,7-8,11-13,31H,2,5-6,9-10H2,(H2,25,26,27,28,29)/b24-13-. The molecule has 0 atom stereocenters. The average molecular weight is 547 g/mol. The zero-order valence-electron chi connectivity index (χ0n) is 16.6. The first-order valence-corrected chi connectivity index (χ1v) is 11.5. The van der Waals surface area contributed by atoms with Crippen LogP contribution in [-0.4, -0.2) is 39.4 Å². The van der Waals surface area contributed by atoms with Crippen LogP contribution in [0, 0.1) is 0 Å². The van der Waals surface area contributed by atoms with Crippen LogP contribution in [-0.2, 0) is 0 Å². The van der Waals surface area contributed by atoms with Crippen molar-refractivity contribution in [1.82, 2.24) is 15.0 Å². The molecule has 3 aromatic rings. The van der Waals surface area contributed by atoms with Crippen molar-refractivity contribution in [2.45, 2.75) is 19.3 Å². The number of halogens is 2. The Labute approximate surface area is 197 Å². The maximum Gasteiger partial charge on any atom is 0.250 e. The van der Waals surface area contributed by atoms with E-state index in [1.54, 1.807) is 18.3 Å². The van der Waals surface area contributed by atoms with Crippen molar-refractivity contribution >= 4 is 61.6 Å². The van der Waals surface area contributed by atoms with E-state index in [9.17, 15) is 5.11 Å². The van der Waals surface area contributed by atoms with Crippen LogP contribution < -0.4 is 15.6 Å². The van der Waals surface area contributed by atoms with Crippen molar-refractivity contribution in [1.29, 1.82) is 0 Å². The van der Waals surface area contributed by atoms with Gasteiger partial charge in [-0.05, 0) is 81.0 Å². The first-order valence-electron chi connectivity index (χ1n) is 9.89. The van der Waals surface area contributed by atoms with Gasteiger partial charge in [0.15, 0.2) is 0 Å². The second-order valence-corrected chi connectivity index (χ2v) is 8.73. The number of hydrogen-bond acceptors (Lipinski definition) is 8. The van der Waals surface area contributed by atoms with E-state index in [1.165, 1.54) is 6.42 Å². The number of benzene rings is 2. The quantitative estimate of drug-likeness (QED) is 0.285. The van der Waals surface area contributed by atoms with E-state index in [-0.39, 0.29) is 5.75 Å². The molecule has 4 rings (SSSR count). The van der Waals surface area contributed by atoms with Gasteiger partial charge in [0.05, 0.1) is 15.2 Å². The number of hydrogen-bond donors (Lipinski definition) is 3. The number of nitrogens with zero attached hydrogens (tertiary/aromatic N) is 5. The zero-order chi connectivity index (χ0) is 21.6. The number of aromatic nitrogens is 3. The van der Waals surface area contributed by atoms with E-state index in [2.05, 4.69) is 67.6 Å². The first-order chi connectivity index (χ1) is 15.1. The number of para-hydroxylation sites is 1. The molecule has 0 radical (unpaired) electrons. The summed E-state index contributed by atoms with van der Waals surface area (Å²) < 4.78 is 1.15. The molecule has 1 fully saturated rings. The average Bonchev–Trinajstić information content (AvgIpc) is 2.78. The van der Waals surface area contributed by atoms with Crippen LogP contribution in [0.25, 0.3) is 0 Å². The molecular weight excluding hydrogens is 526 g/mol. The van der Waals surface area contributed by atoms with Gasteiger partial charge in [-0.15, -0.1) is 0 Å². The van der Waals surface area contributed by atoms with Crippen molar-refractivity contribution in [2.24, 2.45) is 5.10 Å². The summed E-state index contributed by atoms with van der Waals surface area (Å²) in [5, 5.41) is 17.3. The smallest absolute Gasteiger partial charge is 0.250 e. The van der Waals surface area contributed by atoms with Gasteiger partial charge in [-0.2, -0.15) is 20.1 Å². The fourth-order valence-corrected chi connectivity index (χ4v) is 4.40. The molecule has 1 aliphatic heterocycles. The minimum atomic E-state index is 0.144. The summed E-state index contributed by atoms with van der Waals surface area (Å²) >= 11 is 6.64. The molecule has 0 amide bonds. The van der Waals surface area contributed by atoms with Crippen molar-refractivity contribution in [3.8, 4) is 5.75 Å². The zero-order valence-corrected chi connectivity index (χ0v) is 19.8. The Kier molecular flexibility index (Phi) is 6.98.